The second kappa shape index (κ2) is 11.7. The van der Waals surface area contributed by atoms with E-state index in [0.29, 0.717) is 54.4 Å². The van der Waals surface area contributed by atoms with Crippen molar-refractivity contribution in [2.75, 3.05) is 32.8 Å². The summed E-state index contributed by atoms with van der Waals surface area (Å²) in [5, 5.41) is 1.24. The van der Waals surface area contributed by atoms with Crippen molar-refractivity contribution in [1.29, 1.82) is 0 Å². The van der Waals surface area contributed by atoms with Crippen molar-refractivity contribution in [3.63, 3.8) is 0 Å². The maximum absolute atomic E-state index is 14.4. The highest BCUT2D eigenvalue weighted by Crippen LogP contribution is 2.45. The summed E-state index contributed by atoms with van der Waals surface area (Å²) in [7, 11) is 0. The molecule has 0 aliphatic carbocycles. The maximum Gasteiger partial charge on any atom is 0.326 e. The van der Waals surface area contributed by atoms with E-state index in [1.165, 1.54) is 0 Å². The minimum Gasteiger partial charge on any atom is -0.493 e. The summed E-state index contributed by atoms with van der Waals surface area (Å²) in [6.07, 6.45) is 0. The SMILES string of the molecule is CCOc1ccccc1C1=N[C@@H](c2ccc(Cl)cc2)[C@@H](c2ccc(Cl)cc2)N1C(=O)N1CCN(C(C)=O)CC1. The molecule has 7 nitrogen and oxygen atoms in total. The highest BCUT2D eigenvalue weighted by atomic mass is 35.5. The van der Waals surface area contributed by atoms with E-state index in [1.807, 2.05) is 79.7 Å². The third kappa shape index (κ3) is 5.60. The van der Waals surface area contributed by atoms with Crippen molar-refractivity contribution in [2.24, 2.45) is 4.99 Å². The first-order chi connectivity index (χ1) is 18.9. The zero-order valence-electron chi connectivity index (χ0n) is 21.9. The summed E-state index contributed by atoms with van der Waals surface area (Å²) in [6, 6.07) is 21.8. The highest BCUT2D eigenvalue weighted by Gasteiger charge is 2.44. The Kier molecular flexibility index (Phi) is 8.10. The summed E-state index contributed by atoms with van der Waals surface area (Å²) in [5.74, 6) is 1.21. The average molecular weight is 566 g/mol. The standard InChI is InChI=1S/C30H30Cl2N4O3/c1-3-39-26-7-5-4-6-25(26)29-33-27(21-8-12-23(31)13-9-21)28(22-10-14-24(32)15-11-22)36(29)30(38)35-18-16-34(17-19-35)20(2)37/h4-15,27-28H,3,16-19H2,1-2H3/t27-,28+/m0/s1. The molecule has 1 saturated heterocycles. The van der Waals surface area contributed by atoms with E-state index in [2.05, 4.69) is 0 Å². The van der Waals surface area contributed by atoms with Gasteiger partial charge in [0.25, 0.3) is 0 Å². The van der Waals surface area contributed by atoms with Crippen molar-refractivity contribution in [3.05, 3.63) is 99.5 Å². The van der Waals surface area contributed by atoms with Gasteiger partial charge in [-0.15, -0.1) is 0 Å². The number of ether oxygens (including phenoxy) is 1. The van der Waals surface area contributed by atoms with Crippen molar-refractivity contribution in [2.45, 2.75) is 25.9 Å². The molecule has 0 unspecified atom stereocenters. The number of carbonyl (C=O) groups excluding carboxylic acids is 2. The third-order valence-corrected chi connectivity index (χ3v) is 7.62. The highest BCUT2D eigenvalue weighted by molar-refractivity contribution is 6.30. The van der Waals surface area contributed by atoms with Crippen molar-refractivity contribution in [1.82, 2.24) is 14.7 Å². The minimum atomic E-state index is -0.438. The van der Waals surface area contributed by atoms with Gasteiger partial charge in [-0.2, -0.15) is 0 Å². The number of halogens is 2. The van der Waals surface area contributed by atoms with E-state index >= 15 is 0 Å². The number of nitrogens with zero attached hydrogens (tertiary/aromatic N) is 4. The normalized spacial score (nSPS) is 19.2. The van der Waals surface area contributed by atoms with Gasteiger partial charge in [0, 0.05) is 43.1 Å². The lowest BCUT2D eigenvalue weighted by atomic mass is 9.93. The van der Waals surface area contributed by atoms with E-state index < -0.39 is 12.1 Å². The number of piperazine rings is 1. The monoisotopic (exact) mass is 564 g/mol. The van der Waals surface area contributed by atoms with E-state index in [0.717, 1.165) is 16.7 Å². The molecule has 0 spiro atoms. The summed E-state index contributed by atoms with van der Waals surface area (Å²) in [6.45, 7) is 5.82. The lowest BCUT2D eigenvalue weighted by Gasteiger charge is -2.38. The van der Waals surface area contributed by atoms with Crippen molar-refractivity contribution in [3.8, 4) is 5.75 Å². The van der Waals surface area contributed by atoms with Crippen LogP contribution in [0, 0.1) is 0 Å². The van der Waals surface area contributed by atoms with Crippen molar-refractivity contribution < 1.29 is 14.3 Å². The van der Waals surface area contributed by atoms with Crippen LogP contribution in [0.2, 0.25) is 10.0 Å². The second-order valence-corrected chi connectivity index (χ2v) is 10.4. The lowest BCUT2D eigenvalue weighted by Crippen LogP contribution is -2.54. The molecule has 2 aliphatic rings. The fraction of sp³-hybridized carbons (Fsp3) is 0.300. The first-order valence-corrected chi connectivity index (χ1v) is 13.8. The predicted octanol–water partition coefficient (Wildman–Crippen LogP) is 6.22. The Morgan fingerprint density at radius 2 is 1.41 bits per heavy atom. The predicted molar refractivity (Wildman–Crippen MR) is 154 cm³/mol. The molecule has 3 amide bonds. The van der Waals surface area contributed by atoms with Crippen LogP contribution in [0.15, 0.2) is 77.8 Å². The number of urea groups is 1. The van der Waals surface area contributed by atoms with Crippen LogP contribution in [0.5, 0.6) is 5.75 Å². The number of para-hydroxylation sites is 1. The lowest BCUT2D eigenvalue weighted by molar-refractivity contribution is -0.130. The molecule has 202 valence electrons. The molecule has 2 atom stereocenters. The number of amidine groups is 1. The molecule has 5 rings (SSSR count). The van der Waals surface area contributed by atoms with Crippen LogP contribution in [0.1, 0.15) is 42.6 Å². The largest absolute Gasteiger partial charge is 0.493 e. The molecular weight excluding hydrogens is 535 g/mol. The minimum absolute atomic E-state index is 0.0120. The topological polar surface area (TPSA) is 65.5 Å². The molecule has 0 aromatic heterocycles. The van der Waals surface area contributed by atoms with Crippen molar-refractivity contribution >= 4 is 41.0 Å². The molecule has 2 aliphatic heterocycles. The van der Waals surface area contributed by atoms with E-state index in [4.69, 9.17) is 32.9 Å². The number of carbonyl (C=O) groups is 2. The molecule has 0 radical (unpaired) electrons. The van der Waals surface area contributed by atoms with Crippen LogP contribution in [0.4, 0.5) is 4.79 Å². The molecular formula is C30H30Cl2N4O3. The summed E-state index contributed by atoms with van der Waals surface area (Å²) in [4.78, 5) is 36.8. The van der Waals surface area contributed by atoms with E-state index in [-0.39, 0.29) is 11.9 Å². The van der Waals surface area contributed by atoms with Gasteiger partial charge in [-0.05, 0) is 54.4 Å². The number of benzene rings is 3. The summed E-state index contributed by atoms with van der Waals surface area (Å²) < 4.78 is 5.97. The summed E-state index contributed by atoms with van der Waals surface area (Å²) in [5.41, 5.74) is 2.58. The molecule has 1 fully saturated rings. The van der Waals surface area contributed by atoms with Gasteiger partial charge in [0.15, 0.2) is 0 Å². The first kappa shape index (κ1) is 27.0. The van der Waals surface area contributed by atoms with Crippen LogP contribution >= 0.6 is 23.2 Å². The van der Waals surface area contributed by atoms with Gasteiger partial charge < -0.3 is 14.5 Å². The fourth-order valence-corrected chi connectivity index (χ4v) is 5.40. The number of hydrogen-bond donors (Lipinski definition) is 0. The maximum atomic E-state index is 14.4. The quantitative estimate of drug-likeness (QED) is 0.369. The van der Waals surface area contributed by atoms with Crippen LogP contribution in [-0.4, -0.2) is 65.3 Å². The molecule has 0 bridgehead atoms. The van der Waals surface area contributed by atoms with Crippen LogP contribution in [-0.2, 0) is 4.79 Å². The number of aliphatic imine (C=N–C) groups is 1. The average Bonchev–Trinajstić information content (AvgIpc) is 3.34. The van der Waals surface area contributed by atoms with Crippen LogP contribution in [0.25, 0.3) is 0 Å². The molecule has 39 heavy (non-hydrogen) atoms. The van der Waals surface area contributed by atoms with Gasteiger partial charge in [0.2, 0.25) is 5.91 Å². The van der Waals surface area contributed by atoms with Gasteiger partial charge >= 0.3 is 6.03 Å². The van der Waals surface area contributed by atoms with E-state index in [1.54, 1.807) is 21.6 Å². The van der Waals surface area contributed by atoms with Gasteiger partial charge in [0.05, 0.1) is 18.2 Å². The molecule has 0 saturated carbocycles. The first-order valence-electron chi connectivity index (χ1n) is 13.0. The Morgan fingerprint density at radius 1 is 0.846 bits per heavy atom. The molecule has 3 aromatic carbocycles. The van der Waals surface area contributed by atoms with Crippen LogP contribution < -0.4 is 4.74 Å². The number of rotatable bonds is 5. The summed E-state index contributed by atoms with van der Waals surface area (Å²) >= 11 is 12.5. The van der Waals surface area contributed by atoms with Crippen LogP contribution in [0.3, 0.4) is 0 Å². The molecule has 9 heteroatoms. The smallest absolute Gasteiger partial charge is 0.326 e. The Bertz CT molecular complexity index is 1370. The van der Waals surface area contributed by atoms with Gasteiger partial charge in [0.1, 0.15) is 17.6 Å². The van der Waals surface area contributed by atoms with Gasteiger partial charge in [-0.25, -0.2) is 4.79 Å². The number of hydrogen-bond acceptors (Lipinski definition) is 4. The molecule has 3 aromatic rings. The third-order valence-electron chi connectivity index (χ3n) is 7.12. The van der Waals surface area contributed by atoms with E-state index in [9.17, 15) is 9.59 Å². The number of amides is 3. The molecule has 2 heterocycles. The Hall–Kier alpha value is -3.55. The zero-order valence-corrected chi connectivity index (χ0v) is 23.4. The van der Waals surface area contributed by atoms with Gasteiger partial charge in [-0.3, -0.25) is 14.7 Å². The molecule has 0 N–H and O–H groups in total. The van der Waals surface area contributed by atoms with Gasteiger partial charge in [-0.1, -0.05) is 59.6 Å². The zero-order chi connectivity index (χ0) is 27.5. The Labute approximate surface area is 238 Å². The Balaban J connectivity index is 1.63. The second-order valence-electron chi connectivity index (χ2n) is 9.52. The fourth-order valence-electron chi connectivity index (χ4n) is 5.15. The Morgan fingerprint density at radius 3 is 2.00 bits per heavy atom.